The van der Waals surface area contributed by atoms with Crippen molar-refractivity contribution in [2.45, 2.75) is 6.18 Å². The molecule has 0 saturated carbocycles. The van der Waals surface area contributed by atoms with Crippen LogP contribution in [0.15, 0.2) is 24.4 Å². The molecular formula is C10H7F4N3. The van der Waals surface area contributed by atoms with Crippen LogP contribution in [0.5, 0.6) is 0 Å². The zero-order chi connectivity index (χ0) is 12.6. The van der Waals surface area contributed by atoms with Crippen molar-refractivity contribution < 1.29 is 17.6 Å². The Labute approximate surface area is 93.3 Å². The lowest BCUT2D eigenvalue weighted by molar-refractivity contribution is -0.137. The van der Waals surface area contributed by atoms with E-state index in [1.54, 1.807) is 0 Å². The van der Waals surface area contributed by atoms with Crippen molar-refractivity contribution in [3.63, 3.8) is 0 Å². The molecule has 1 aromatic heterocycles. The van der Waals surface area contributed by atoms with Gasteiger partial charge in [-0.1, -0.05) is 0 Å². The molecule has 1 aromatic carbocycles. The van der Waals surface area contributed by atoms with Crippen LogP contribution in [0.3, 0.4) is 0 Å². The average Bonchev–Trinajstić information content (AvgIpc) is 2.62. The lowest BCUT2D eigenvalue weighted by Gasteiger charge is -2.11. The number of nitrogens with one attached hydrogen (secondary N) is 1. The minimum Gasteiger partial charge on any atom is -0.369 e. The van der Waals surface area contributed by atoms with E-state index >= 15 is 0 Å². The molecule has 0 unspecified atom stereocenters. The van der Waals surface area contributed by atoms with E-state index in [0.717, 1.165) is 18.3 Å². The molecule has 7 heteroatoms. The van der Waals surface area contributed by atoms with Crippen molar-refractivity contribution in [1.82, 2.24) is 9.97 Å². The lowest BCUT2D eigenvalue weighted by atomic mass is 10.0. The molecule has 2 rings (SSSR count). The van der Waals surface area contributed by atoms with Crippen molar-refractivity contribution in [3.8, 4) is 11.3 Å². The number of imidazole rings is 1. The van der Waals surface area contributed by atoms with Crippen LogP contribution >= 0.6 is 0 Å². The highest BCUT2D eigenvalue weighted by Gasteiger charge is 2.34. The third-order valence-electron chi connectivity index (χ3n) is 2.17. The zero-order valence-corrected chi connectivity index (χ0v) is 8.35. The molecule has 17 heavy (non-hydrogen) atoms. The number of alkyl halides is 3. The van der Waals surface area contributed by atoms with Crippen LogP contribution in [0.2, 0.25) is 0 Å². The van der Waals surface area contributed by atoms with Crippen LogP contribution in [-0.4, -0.2) is 9.97 Å². The maximum atomic E-state index is 13.0. The van der Waals surface area contributed by atoms with Gasteiger partial charge in [0.1, 0.15) is 5.82 Å². The van der Waals surface area contributed by atoms with E-state index in [1.807, 2.05) is 0 Å². The number of nitrogens with two attached hydrogens (primary N) is 1. The third kappa shape index (κ3) is 2.22. The van der Waals surface area contributed by atoms with E-state index in [2.05, 4.69) is 9.97 Å². The van der Waals surface area contributed by atoms with Crippen LogP contribution in [-0.2, 0) is 6.18 Å². The number of aromatic nitrogens is 2. The first-order chi connectivity index (χ1) is 7.88. The topological polar surface area (TPSA) is 54.7 Å². The standard InChI is InChI=1S/C10H7F4N3/c11-5-1-2-7(10(12,13)14)6(3-5)8-4-16-9(15)17-8/h1-4H,(H3,15,16,17). The summed E-state index contributed by atoms with van der Waals surface area (Å²) in [4.78, 5) is 6.01. The molecule has 0 atom stereocenters. The Balaban J connectivity index is 2.63. The number of anilines is 1. The summed E-state index contributed by atoms with van der Waals surface area (Å²) >= 11 is 0. The third-order valence-corrected chi connectivity index (χ3v) is 2.17. The van der Waals surface area contributed by atoms with E-state index in [4.69, 9.17) is 5.73 Å². The van der Waals surface area contributed by atoms with Crippen LogP contribution in [0, 0.1) is 5.82 Å². The Kier molecular flexibility index (Phi) is 2.53. The lowest BCUT2D eigenvalue weighted by Crippen LogP contribution is -2.07. The largest absolute Gasteiger partial charge is 0.417 e. The molecule has 0 fully saturated rings. The van der Waals surface area contributed by atoms with Crippen molar-refractivity contribution in [2.75, 3.05) is 5.73 Å². The summed E-state index contributed by atoms with van der Waals surface area (Å²) in [6.07, 6.45) is -3.44. The molecule has 0 amide bonds. The van der Waals surface area contributed by atoms with Gasteiger partial charge in [-0.05, 0) is 18.2 Å². The quantitative estimate of drug-likeness (QED) is 0.759. The minimum atomic E-state index is -4.57. The zero-order valence-electron chi connectivity index (χ0n) is 8.35. The van der Waals surface area contributed by atoms with Crippen molar-refractivity contribution in [1.29, 1.82) is 0 Å². The Bertz CT molecular complexity index is 545. The number of nitrogens with zero attached hydrogens (tertiary/aromatic N) is 1. The van der Waals surface area contributed by atoms with E-state index in [9.17, 15) is 17.6 Å². The van der Waals surface area contributed by atoms with Gasteiger partial charge in [0.2, 0.25) is 0 Å². The first kappa shape index (κ1) is 11.4. The number of aromatic amines is 1. The molecule has 0 saturated heterocycles. The molecule has 0 spiro atoms. The van der Waals surface area contributed by atoms with Gasteiger partial charge in [-0.3, -0.25) is 0 Å². The van der Waals surface area contributed by atoms with Crippen molar-refractivity contribution in [3.05, 3.63) is 35.8 Å². The SMILES string of the molecule is Nc1ncc(-c2cc(F)ccc2C(F)(F)F)[nH]1. The number of nitrogen functional groups attached to an aromatic ring is 1. The molecule has 3 N–H and O–H groups in total. The van der Waals surface area contributed by atoms with Gasteiger partial charge in [-0.15, -0.1) is 0 Å². The summed E-state index contributed by atoms with van der Waals surface area (Å²) in [5, 5.41) is 0. The molecule has 0 aliphatic heterocycles. The van der Waals surface area contributed by atoms with Gasteiger partial charge in [0.15, 0.2) is 5.95 Å². The number of hydrogen-bond acceptors (Lipinski definition) is 2. The molecule has 0 aliphatic carbocycles. The van der Waals surface area contributed by atoms with Gasteiger partial charge in [0, 0.05) is 5.56 Å². The summed E-state index contributed by atoms with van der Waals surface area (Å²) in [5.41, 5.74) is 4.03. The Morgan fingerprint density at radius 3 is 2.47 bits per heavy atom. The van der Waals surface area contributed by atoms with E-state index in [0.29, 0.717) is 6.07 Å². The van der Waals surface area contributed by atoms with Gasteiger partial charge in [-0.25, -0.2) is 9.37 Å². The van der Waals surface area contributed by atoms with Crippen LogP contribution in [0.4, 0.5) is 23.5 Å². The monoisotopic (exact) mass is 245 g/mol. The van der Waals surface area contributed by atoms with Gasteiger partial charge in [0.25, 0.3) is 0 Å². The number of H-pyrrole nitrogens is 1. The smallest absolute Gasteiger partial charge is 0.369 e. The molecule has 0 bridgehead atoms. The van der Waals surface area contributed by atoms with Crippen molar-refractivity contribution in [2.24, 2.45) is 0 Å². The second-order valence-corrected chi connectivity index (χ2v) is 3.37. The Morgan fingerprint density at radius 2 is 1.94 bits per heavy atom. The highest BCUT2D eigenvalue weighted by Crippen LogP contribution is 2.36. The highest BCUT2D eigenvalue weighted by atomic mass is 19.4. The Hall–Kier alpha value is -2.05. The molecule has 0 radical (unpaired) electrons. The highest BCUT2D eigenvalue weighted by molar-refractivity contribution is 5.65. The summed E-state index contributed by atoms with van der Waals surface area (Å²) in [6.45, 7) is 0. The predicted octanol–water partition coefficient (Wildman–Crippen LogP) is 2.82. The van der Waals surface area contributed by atoms with Crippen LogP contribution < -0.4 is 5.73 Å². The van der Waals surface area contributed by atoms with Gasteiger partial charge in [-0.2, -0.15) is 13.2 Å². The molecule has 0 aliphatic rings. The fourth-order valence-electron chi connectivity index (χ4n) is 1.46. The fourth-order valence-corrected chi connectivity index (χ4v) is 1.46. The van der Waals surface area contributed by atoms with E-state index in [-0.39, 0.29) is 17.2 Å². The first-order valence-corrected chi connectivity index (χ1v) is 4.55. The summed E-state index contributed by atoms with van der Waals surface area (Å²) in [5.74, 6) is -0.793. The van der Waals surface area contributed by atoms with Gasteiger partial charge >= 0.3 is 6.18 Å². The molecular weight excluding hydrogens is 238 g/mol. The second-order valence-electron chi connectivity index (χ2n) is 3.37. The molecule has 3 nitrogen and oxygen atoms in total. The normalized spacial score (nSPS) is 11.8. The maximum Gasteiger partial charge on any atom is 0.417 e. The summed E-state index contributed by atoms with van der Waals surface area (Å²) < 4.78 is 51.0. The first-order valence-electron chi connectivity index (χ1n) is 4.55. The van der Waals surface area contributed by atoms with Gasteiger partial charge in [0.05, 0.1) is 17.5 Å². The minimum absolute atomic E-state index is 0.0225. The molecule has 1 heterocycles. The van der Waals surface area contributed by atoms with Crippen LogP contribution in [0.25, 0.3) is 11.3 Å². The fraction of sp³-hybridized carbons (Fsp3) is 0.100. The average molecular weight is 245 g/mol. The number of hydrogen-bond donors (Lipinski definition) is 2. The predicted molar refractivity (Wildman–Crippen MR) is 53.4 cm³/mol. The van der Waals surface area contributed by atoms with Crippen LogP contribution in [0.1, 0.15) is 5.56 Å². The second kappa shape index (κ2) is 3.76. The van der Waals surface area contributed by atoms with Gasteiger partial charge < -0.3 is 10.7 Å². The van der Waals surface area contributed by atoms with E-state index in [1.165, 1.54) is 0 Å². The number of halogens is 4. The number of benzene rings is 1. The molecule has 2 aromatic rings. The summed E-state index contributed by atoms with van der Waals surface area (Å²) in [6, 6.07) is 2.23. The van der Waals surface area contributed by atoms with Crippen molar-refractivity contribution >= 4 is 5.95 Å². The molecule has 90 valence electrons. The Morgan fingerprint density at radius 1 is 1.24 bits per heavy atom. The maximum absolute atomic E-state index is 13.0. The van der Waals surface area contributed by atoms with E-state index < -0.39 is 17.6 Å². The summed E-state index contributed by atoms with van der Waals surface area (Å²) in [7, 11) is 0. The number of rotatable bonds is 1.